The van der Waals surface area contributed by atoms with Crippen LogP contribution >= 0.6 is 0 Å². The van der Waals surface area contributed by atoms with Crippen LogP contribution in [0.1, 0.15) is 43.4 Å². The maximum atomic E-state index is 12.8. The SMILES string of the molecule is CC1CC2(C)C(=O)Nc3ccccc3C2Nc2ccccc21. The lowest BCUT2D eigenvalue weighted by atomic mass is 9.70. The third-order valence-corrected chi connectivity index (χ3v) is 5.20. The molecule has 3 nitrogen and oxygen atoms in total. The molecule has 0 spiro atoms. The number of nitrogens with one attached hydrogen (secondary N) is 2. The molecule has 2 heterocycles. The van der Waals surface area contributed by atoms with Crippen molar-refractivity contribution in [2.45, 2.75) is 32.2 Å². The van der Waals surface area contributed by atoms with Gasteiger partial charge in [0.2, 0.25) is 5.91 Å². The minimum atomic E-state index is -0.452. The maximum Gasteiger partial charge on any atom is 0.232 e. The van der Waals surface area contributed by atoms with Crippen molar-refractivity contribution < 1.29 is 4.79 Å². The highest BCUT2D eigenvalue weighted by atomic mass is 16.2. The second-order valence-electron chi connectivity index (χ2n) is 6.73. The minimum Gasteiger partial charge on any atom is -0.377 e. The van der Waals surface area contributed by atoms with E-state index in [9.17, 15) is 4.79 Å². The van der Waals surface area contributed by atoms with Crippen molar-refractivity contribution in [3.05, 3.63) is 59.7 Å². The van der Waals surface area contributed by atoms with Gasteiger partial charge in [-0.25, -0.2) is 0 Å². The summed E-state index contributed by atoms with van der Waals surface area (Å²) < 4.78 is 0. The molecule has 2 aromatic rings. The lowest BCUT2D eigenvalue weighted by Crippen LogP contribution is -2.45. The van der Waals surface area contributed by atoms with Gasteiger partial charge in [-0.05, 0) is 42.5 Å². The first kappa shape index (κ1) is 13.4. The fraction of sp³-hybridized carbons (Fsp3) is 0.316. The second-order valence-corrected chi connectivity index (χ2v) is 6.73. The predicted molar refractivity (Wildman–Crippen MR) is 89.0 cm³/mol. The normalized spacial score (nSPS) is 29.3. The number of para-hydroxylation sites is 2. The van der Waals surface area contributed by atoms with Gasteiger partial charge in [0.25, 0.3) is 0 Å². The number of hydrogen-bond acceptors (Lipinski definition) is 2. The first-order valence-corrected chi connectivity index (χ1v) is 7.85. The minimum absolute atomic E-state index is 0.00329. The number of hydrogen-bond donors (Lipinski definition) is 2. The molecule has 3 unspecified atom stereocenters. The molecule has 2 aliphatic heterocycles. The van der Waals surface area contributed by atoms with E-state index < -0.39 is 5.41 Å². The average Bonchev–Trinajstić information content (AvgIpc) is 2.63. The summed E-state index contributed by atoms with van der Waals surface area (Å²) in [5.41, 5.74) is 4.09. The molecular formula is C19H20N2O. The third kappa shape index (κ3) is 1.78. The van der Waals surface area contributed by atoms with Gasteiger partial charge in [0.15, 0.2) is 0 Å². The van der Waals surface area contributed by atoms with Gasteiger partial charge < -0.3 is 10.6 Å². The number of fused-ring (bicyclic) bond motifs is 4. The van der Waals surface area contributed by atoms with Crippen LogP contribution in [0.4, 0.5) is 11.4 Å². The molecule has 2 N–H and O–H groups in total. The first-order valence-electron chi connectivity index (χ1n) is 7.85. The monoisotopic (exact) mass is 292 g/mol. The highest BCUT2D eigenvalue weighted by Gasteiger charge is 2.48. The Hall–Kier alpha value is -2.29. The van der Waals surface area contributed by atoms with E-state index in [4.69, 9.17) is 0 Å². The van der Waals surface area contributed by atoms with Crippen LogP contribution in [0.3, 0.4) is 0 Å². The molecule has 0 radical (unpaired) electrons. The molecule has 112 valence electrons. The Morgan fingerprint density at radius 3 is 2.41 bits per heavy atom. The van der Waals surface area contributed by atoms with E-state index in [1.807, 2.05) is 18.2 Å². The lowest BCUT2D eigenvalue weighted by molar-refractivity contribution is -0.126. The molecular weight excluding hydrogens is 272 g/mol. The summed E-state index contributed by atoms with van der Waals surface area (Å²) in [4.78, 5) is 12.8. The number of amides is 1. The topological polar surface area (TPSA) is 41.1 Å². The van der Waals surface area contributed by atoms with Crippen LogP contribution < -0.4 is 10.6 Å². The molecule has 0 aliphatic carbocycles. The summed E-state index contributed by atoms with van der Waals surface area (Å²) in [6, 6.07) is 16.5. The molecule has 0 saturated carbocycles. The fourth-order valence-electron chi connectivity index (χ4n) is 4.01. The van der Waals surface area contributed by atoms with Gasteiger partial charge in [-0.1, -0.05) is 43.3 Å². The molecule has 0 saturated heterocycles. The van der Waals surface area contributed by atoms with Crippen LogP contribution in [0.5, 0.6) is 0 Å². The van der Waals surface area contributed by atoms with E-state index in [1.54, 1.807) is 0 Å². The Balaban J connectivity index is 1.91. The largest absolute Gasteiger partial charge is 0.377 e. The molecule has 22 heavy (non-hydrogen) atoms. The van der Waals surface area contributed by atoms with Gasteiger partial charge >= 0.3 is 0 Å². The molecule has 2 aliphatic rings. The van der Waals surface area contributed by atoms with E-state index in [2.05, 4.69) is 54.8 Å². The number of anilines is 2. The molecule has 1 amide bonds. The van der Waals surface area contributed by atoms with Crippen molar-refractivity contribution in [3.8, 4) is 0 Å². The van der Waals surface area contributed by atoms with Gasteiger partial charge in [0, 0.05) is 11.4 Å². The van der Waals surface area contributed by atoms with E-state index in [0.29, 0.717) is 5.92 Å². The molecule has 4 rings (SSSR count). The van der Waals surface area contributed by atoms with Crippen LogP contribution in [0.2, 0.25) is 0 Å². The highest BCUT2D eigenvalue weighted by molar-refractivity contribution is 5.99. The standard InChI is InChI=1S/C19H20N2O/c1-12-11-19(2)17(20-15-9-5-3-7-13(12)15)14-8-4-6-10-16(14)21-18(19)22/h3-10,12,17,20H,11H2,1-2H3,(H,21,22). The fourth-order valence-corrected chi connectivity index (χ4v) is 4.01. The molecule has 2 aromatic carbocycles. The van der Waals surface area contributed by atoms with Crippen LogP contribution in [-0.2, 0) is 4.79 Å². The number of carbonyl (C=O) groups is 1. The average molecular weight is 292 g/mol. The smallest absolute Gasteiger partial charge is 0.232 e. The lowest BCUT2D eigenvalue weighted by Gasteiger charge is -2.41. The zero-order valence-electron chi connectivity index (χ0n) is 12.9. The Morgan fingerprint density at radius 1 is 1.00 bits per heavy atom. The van der Waals surface area contributed by atoms with E-state index in [0.717, 1.165) is 17.8 Å². The number of carbonyl (C=O) groups excluding carboxylic acids is 1. The van der Waals surface area contributed by atoms with E-state index >= 15 is 0 Å². The summed E-state index contributed by atoms with van der Waals surface area (Å²) in [6.45, 7) is 4.29. The van der Waals surface area contributed by atoms with Gasteiger partial charge in [0.1, 0.15) is 0 Å². The van der Waals surface area contributed by atoms with Crippen LogP contribution in [-0.4, -0.2) is 5.91 Å². The molecule has 0 bridgehead atoms. The summed E-state index contributed by atoms with van der Waals surface area (Å²) in [5.74, 6) is 0.457. The van der Waals surface area contributed by atoms with Crippen molar-refractivity contribution >= 4 is 17.3 Å². The Labute approximate surface area is 130 Å². The van der Waals surface area contributed by atoms with Crippen molar-refractivity contribution in [1.29, 1.82) is 0 Å². The van der Waals surface area contributed by atoms with Crippen molar-refractivity contribution in [2.75, 3.05) is 10.6 Å². The summed E-state index contributed by atoms with van der Waals surface area (Å²) in [7, 11) is 0. The van der Waals surface area contributed by atoms with Crippen LogP contribution in [0.25, 0.3) is 0 Å². The molecule has 3 heteroatoms. The molecule has 0 aromatic heterocycles. The van der Waals surface area contributed by atoms with Gasteiger partial charge in [-0.2, -0.15) is 0 Å². The molecule has 3 atom stereocenters. The highest BCUT2D eigenvalue weighted by Crippen LogP contribution is 2.52. The van der Waals surface area contributed by atoms with Crippen molar-refractivity contribution in [1.82, 2.24) is 0 Å². The van der Waals surface area contributed by atoms with E-state index in [1.165, 1.54) is 11.1 Å². The van der Waals surface area contributed by atoms with Crippen molar-refractivity contribution in [3.63, 3.8) is 0 Å². The van der Waals surface area contributed by atoms with Crippen LogP contribution in [0.15, 0.2) is 48.5 Å². The quantitative estimate of drug-likeness (QED) is 0.760. The number of rotatable bonds is 0. The summed E-state index contributed by atoms with van der Waals surface area (Å²) >= 11 is 0. The van der Waals surface area contributed by atoms with Crippen molar-refractivity contribution in [2.24, 2.45) is 5.41 Å². The van der Waals surface area contributed by atoms with E-state index in [-0.39, 0.29) is 11.9 Å². The first-order chi connectivity index (χ1) is 10.6. The summed E-state index contributed by atoms with van der Waals surface area (Å²) in [5, 5.41) is 6.75. The van der Waals surface area contributed by atoms with Gasteiger partial charge in [0.05, 0.1) is 11.5 Å². The van der Waals surface area contributed by atoms with Gasteiger partial charge in [-0.15, -0.1) is 0 Å². The van der Waals surface area contributed by atoms with Crippen LogP contribution in [0, 0.1) is 5.41 Å². The predicted octanol–water partition coefficient (Wildman–Crippen LogP) is 4.31. The third-order valence-electron chi connectivity index (χ3n) is 5.20. The maximum absolute atomic E-state index is 12.8. The Bertz CT molecular complexity index is 755. The zero-order chi connectivity index (χ0) is 15.3. The zero-order valence-corrected chi connectivity index (χ0v) is 12.9. The Kier molecular flexibility index (Phi) is 2.80. The second kappa shape index (κ2) is 4.60. The number of benzene rings is 2. The van der Waals surface area contributed by atoms with Gasteiger partial charge in [-0.3, -0.25) is 4.79 Å². The molecule has 0 fully saturated rings. The Morgan fingerprint density at radius 2 is 1.64 bits per heavy atom. The summed E-state index contributed by atoms with van der Waals surface area (Å²) in [6.07, 6.45) is 0.835.